The smallest absolute Gasteiger partial charge is 0.223 e. The molecule has 3 rings (SSSR count). The molecule has 0 bridgehead atoms. The van der Waals surface area contributed by atoms with Crippen LogP contribution < -0.4 is 15.0 Å². The monoisotopic (exact) mass is 388 g/mol. The summed E-state index contributed by atoms with van der Waals surface area (Å²) in [6.07, 6.45) is 1.20. The van der Waals surface area contributed by atoms with Crippen LogP contribution in [-0.4, -0.2) is 32.1 Å². The van der Waals surface area contributed by atoms with Crippen molar-refractivity contribution < 1.29 is 18.3 Å². The maximum absolute atomic E-state index is 13.4. The van der Waals surface area contributed by atoms with Crippen molar-refractivity contribution in [2.24, 2.45) is 5.92 Å². The molecule has 1 heterocycles. The third-order valence-corrected chi connectivity index (χ3v) is 5.22. The van der Waals surface area contributed by atoms with Crippen molar-refractivity contribution in [3.05, 3.63) is 59.2 Å². The van der Waals surface area contributed by atoms with Gasteiger partial charge >= 0.3 is 0 Å². The first-order valence-corrected chi connectivity index (χ1v) is 9.59. The molecule has 1 aliphatic heterocycles. The van der Waals surface area contributed by atoms with Crippen LogP contribution in [0.2, 0.25) is 0 Å². The molecular weight excluding hydrogens is 362 g/mol. The molecule has 0 saturated carbocycles. The highest BCUT2D eigenvalue weighted by atomic mass is 19.2. The van der Waals surface area contributed by atoms with Crippen molar-refractivity contribution in [2.75, 3.05) is 31.1 Å². The predicted molar refractivity (Wildman–Crippen MR) is 106 cm³/mol. The standard InChI is InChI=1S/C22H26F2N2O2/c1-15-3-5-19(11-16(15)2)28-10-8-22(27)25-13-17-7-9-26(14-17)18-4-6-20(23)21(24)12-18/h3-6,11-12,17H,7-10,13-14H2,1-2H3,(H,25,27). The second-order valence-electron chi connectivity index (χ2n) is 7.35. The number of halogens is 2. The molecule has 1 fully saturated rings. The van der Waals surface area contributed by atoms with E-state index in [0.29, 0.717) is 31.8 Å². The van der Waals surface area contributed by atoms with E-state index in [1.807, 2.05) is 36.9 Å². The van der Waals surface area contributed by atoms with Crippen molar-refractivity contribution in [1.29, 1.82) is 0 Å². The molecule has 1 N–H and O–H groups in total. The Bertz CT molecular complexity index is 841. The second-order valence-corrected chi connectivity index (χ2v) is 7.35. The van der Waals surface area contributed by atoms with Crippen molar-refractivity contribution in [3.8, 4) is 5.75 Å². The van der Waals surface area contributed by atoms with E-state index in [9.17, 15) is 13.6 Å². The zero-order valence-corrected chi connectivity index (χ0v) is 16.3. The van der Waals surface area contributed by atoms with Crippen molar-refractivity contribution in [3.63, 3.8) is 0 Å². The molecule has 4 nitrogen and oxygen atoms in total. The van der Waals surface area contributed by atoms with Crippen LogP contribution in [0, 0.1) is 31.4 Å². The topological polar surface area (TPSA) is 41.6 Å². The maximum Gasteiger partial charge on any atom is 0.223 e. The fourth-order valence-electron chi connectivity index (χ4n) is 3.33. The normalized spacial score (nSPS) is 16.3. The summed E-state index contributed by atoms with van der Waals surface area (Å²) in [6, 6.07) is 9.84. The Morgan fingerprint density at radius 1 is 1.14 bits per heavy atom. The number of amides is 1. The van der Waals surface area contributed by atoms with Gasteiger partial charge in [-0.15, -0.1) is 0 Å². The highest BCUT2D eigenvalue weighted by molar-refractivity contribution is 5.76. The number of ether oxygens (including phenoxy) is 1. The molecular formula is C22H26F2N2O2. The van der Waals surface area contributed by atoms with E-state index in [-0.39, 0.29) is 11.8 Å². The van der Waals surface area contributed by atoms with Crippen LogP contribution in [-0.2, 0) is 4.79 Å². The van der Waals surface area contributed by atoms with Gasteiger partial charge in [0.15, 0.2) is 11.6 Å². The summed E-state index contributed by atoms with van der Waals surface area (Å²) in [5.74, 6) is -0.658. The molecule has 2 aromatic carbocycles. The Balaban J connectivity index is 1.38. The number of carbonyl (C=O) groups excluding carboxylic acids is 1. The lowest BCUT2D eigenvalue weighted by Gasteiger charge is -2.19. The minimum absolute atomic E-state index is 0.0462. The molecule has 1 saturated heterocycles. The third-order valence-electron chi connectivity index (χ3n) is 5.22. The van der Waals surface area contributed by atoms with E-state index in [4.69, 9.17) is 4.74 Å². The Morgan fingerprint density at radius 3 is 2.71 bits per heavy atom. The van der Waals surface area contributed by atoms with Gasteiger partial charge < -0.3 is 15.0 Å². The van der Waals surface area contributed by atoms with Gasteiger partial charge in [-0.2, -0.15) is 0 Å². The zero-order valence-electron chi connectivity index (χ0n) is 16.3. The fourth-order valence-corrected chi connectivity index (χ4v) is 3.33. The van der Waals surface area contributed by atoms with Gasteiger partial charge in [-0.1, -0.05) is 6.07 Å². The van der Waals surface area contributed by atoms with Crippen molar-refractivity contribution >= 4 is 11.6 Å². The SMILES string of the molecule is Cc1ccc(OCCC(=O)NCC2CCN(c3ccc(F)c(F)c3)C2)cc1C. The van der Waals surface area contributed by atoms with Crippen LogP contribution in [0.3, 0.4) is 0 Å². The average Bonchev–Trinajstić information content (AvgIpc) is 3.14. The molecule has 1 unspecified atom stereocenters. The minimum Gasteiger partial charge on any atom is -0.493 e. The fraction of sp³-hybridized carbons (Fsp3) is 0.409. The largest absolute Gasteiger partial charge is 0.493 e. The predicted octanol–water partition coefficient (Wildman–Crippen LogP) is 3.99. The first kappa shape index (κ1) is 20.1. The highest BCUT2D eigenvalue weighted by Crippen LogP contribution is 2.25. The molecule has 0 aliphatic carbocycles. The van der Waals surface area contributed by atoms with Crippen LogP contribution in [0.15, 0.2) is 36.4 Å². The lowest BCUT2D eigenvalue weighted by Crippen LogP contribution is -2.31. The molecule has 0 radical (unpaired) electrons. The Labute approximate surface area is 164 Å². The van der Waals surface area contributed by atoms with Crippen LogP contribution in [0.1, 0.15) is 24.0 Å². The number of aryl methyl sites for hydroxylation is 2. The van der Waals surface area contributed by atoms with Gasteiger partial charge in [-0.05, 0) is 61.6 Å². The summed E-state index contributed by atoms with van der Waals surface area (Å²) in [4.78, 5) is 14.1. The number of carbonyl (C=O) groups is 1. The number of rotatable bonds is 7. The van der Waals surface area contributed by atoms with E-state index in [2.05, 4.69) is 5.32 Å². The molecule has 1 aliphatic rings. The van der Waals surface area contributed by atoms with E-state index in [1.165, 1.54) is 11.6 Å². The van der Waals surface area contributed by atoms with Crippen molar-refractivity contribution in [2.45, 2.75) is 26.7 Å². The number of anilines is 1. The van der Waals surface area contributed by atoms with E-state index < -0.39 is 11.6 Å². The average molecular weight is 388 g/mol. The van der Waals surface area contributed by atoms with E-state index in [1.54, 1.807) is 6.07 Å². The summed E-state index contributed by atoms with van der Waals surface area (Å²) < 4.78 is 32.1. The lowest BCUT2D eigenvalue weighted by molar-refractivity contribution is -0.121. The number of nitrogens with zero attached hydrogens (tertiary/aromatic N) is 1. The summed E-state index contributed by atoms with van der Waals surface area (Å²) in [5, 5.41) is 2.94. The van der Waals surface area contributed by atoms with Gasteiger partial charge in [-0.25, -0.2) is 8.78 Å². The van der Waals surface area contributed by atoms with Crippen LogP contribution >= 0.6 is 0 Å². The highest BCUT2D eigenvalue weighted by Gasteiger charge is 2.23. The molecule has 2 aromatic rings. The molecule has 150 valence electrons. The summed E-state index contributed by atoms with van der Waals surface area (Å²) >= 11 is 0. The van der Waals surface area contributed by atoms with Gasteiger partial charge in [0.25, 0.3) is 0 Å². The summed E-state index contributed by atoms with van der Waals surface area (Å²) in [6.45, 7) is 6.46. The quantitative estimate of drug-likeness (QED) is 0.780. The number of benzene rings is 2. The molecule has 0 spiro atoms. The molecule has 1 amide bonds. The number of nitrogens with one attached hydrogen (secondary N) is 1. The Morgan fingerprint density at radius 2 is 1.96 bits per heavy atom. The summed E-state index contributed by atoms with van der Waals surface area (Å²) in [7, 11) is 0. The Kier molecular flexibility index (Phi) is 6.49. The van der Waals surface area contributed by atoms with E-state index in [0.717, 1.165) is 30.3 Å². The first-order chi connectivity index (χ1) is 13.4. The third kappa shape index (κ3) is 5.21. The first-order valence-electron chi connectivity index (χ1n) is 9.59. The van der Waals surface area contributed by atoms with E-state index >= 15 is 0 Å². The number of hydrogen-bond acceptors (Lipinski definition) is 3. The Hall–Kier alpha value is -2.63. The second kappa shape index (κ2) is 9.04. The molecule has 6 heteroatoms. The maximum atomic E-state index is 13.4. The number of hydrogen-bond donors (Lipinski definition) is 1. The van der Waals surface area contributed by atoms with Crippen LogP contribution in [0.25, 0.3) is 0 Å². The zero-order chi connectivity index (χ0) is 20.1. The van der Waals surface area contributed by atoms with Crippen molar-refractivity contribution in [1.82, 2.24) is 5.32 Å². The molecule has 0 aromatic heterocycles. The van der Waals surface area contributed by atoms with Gasteiger partial charge in [0, 0.05) is 31.4 Å². The van der Waals surface area contributed by atoms with Gasteiger partial charge in [0.05, 0.1) is 13.0 Å². The lowest BCUT2D eigenvalue weighted by atomic mass is 10.1. The van der Waals surface area contributed by atoms with Gasteiger partial charge in [-0.3, -0.25) is 4.79 Å². The molecule has 1 atom stereocenters. The minimum atomic E-state index is -0.838. The van der Waals surface area contributed by atoms with Crippen LogP contribution in [0.5, 0.6) is 5.75 Å². The van der Waals surface area contributed by atoms with Gasteiger partial charge in [0.2, 0.25) is 5.91 Å². The van der Waals surface area contributed by atoms with Crippen LogP contribution in [0.4, 0.5) is 14.5 Å². The van der Waals surface area contributed by atoms with Gasteiger partial charge in [0.1, 0.15) is 5.75 Å². The molecule has 28 heavy (non-hydrogen) atoms. The summed E-state index contributed by atoms with van der Waals surface area (Å²) in [5.41, 5.74) is 3.04.